The molecule has 4 heteroatoms. The molecule has 1 aliphatic rings. The van der Waals surface area contributed by atoms with Gasteiger partial charge in [-0.1, -0.05) is 17.4 Å². The predicted molar refractivity (Wildman–Crippen MR) is 55.5 cm³/mol. The zero-order valence-electron chi connectivity index (χ0n) is 7.29. The lowest BCUT2D eigenvalue weighted by Gasteiger charge is -1.93. The molecule has 0 radical (unpaired) electrons. The second-order valence-corrected chi connectivity index (χ2v) is 4.33. The van der Waals surface area contributed by atoms with Crippen molar-refractivity contribution in [3.05, 3.63) is 17.2 Å². The number of alkyl halides is 1. The summed E-state index contributed by atoms with van der Waals surface area (Å²) in [5.74, 6) is 0. The molecule has 0 saturated carbocycles. The average molecular weight is 216 g/mol. The summed E-state index contributed by atoms with van der Waals surface area (Å²) in [5.41, 5.74) is 2.27. The zero-order valence-corrected chi connectivity index (χ0v) is 8.86. The molecular formula is C9H10ClNOS. The summed E-state index contributed by atoms with van der Waals surface area (Å²) in [7, 11) is 1.63. The van der Waals surface area contributed by atoms with E-state index >= 15 is 0 Å². The molecule has 1 aliphatic carbocycles. The van der Waals surface area contributed by atoms with Crippen LogP contribution in [0, 0.1) is 0 Å². The molecule has 13 heavy (non-hydrogen) atoms. The Morgan fingerprint density at radius 2 is 2.54 bits per heavy atom. The largest absolute Gasteiger partial charge is 0.473 e. The van der Waals surface area contributed by atoms with Crippen molar-refractivity contribution in [1.82, 2.24) is 4.98 Å². The Morgan fingerprint density at radius 1 is 1.69 bits per heavy atom. The number of hydrogen-bond donors (Lipinski definition) is 0. The summed E-state index contributed by atoms with van der Waals surface area (Å²) < 4.78 is 5.03. The second-order valence-electron chi connectivity index (χ2n) is 2.95. The first kappa shape index (κ1) is 9.03. The summed E-state index contributed by atoms with van der Waals surface area (Å²) in [6.07, 6.45) is 4.13. The molecular weight excluding hydrogens is 206 g/mol. The molecule has 1 heterocycles. The van der Waals surface area contributed by atoms with Crippen molar-refractivity contribution in [2.75, 3.05) is 7.11 Å². The lowest BCUT2D eigenvalue weighted by atomic mass is 10.2. The van der Waals surface area contributed by atoms with Crippen LogP contribution in [0.1, 0.15) is 18.5 Å². The molecule has 1 unspecified atom stereocenters. The second kappa shape index (κ2) is 3.68. The highest BCUT2D eigenvalue weighted by Gasteiger charge is 2.16. The number of hydrogen-bond acceptors (Lipinski definition) is 3. The van der Waals surface area contributed by atoms with Gasteiger partial charge in [-0.3, -0.25) is 0 Å². The van der Waals surface area contributed by atoms with Crippen molar-refractivity contribution in [1.29, 1.82) is 0 Å². The number of rotatable bonds is 2. The van der Waals surface area contributed by atoms with Gasteiger partial charge in [0, 0.05) is 5.38 Å². The third-order valence-electron chi connectivity index (χ3n) is 2.06. The summed E-state index contributed by atoms with van der Waals surface area (Å²) in [6, 6.07) is 0. The maximum Gasteiger partial charge on any atom is 0.273 e. The van der Waals surface area contributed by atoms with E-state index in [1.165, 1.54) is 16.9 Å². The van der Waals surface area contributed by atoms with Crippen LogP contribution < -0.4 is 4.74 Å². The van der Waals surface area contributed by atoms with Crippen LogP contribution in [-0.2, 0) is 0 Å². The Labute approximate surface area is 86.2 Å². The van der Waals surface area contributed by atoms with E-state index in [1.807, 2.05) is 5.38 Å². The van der Waals surface area contributed by atoms with Crippen LogP contribution in [0.5, 0.6) is 5.19 Å². The van der Waals surface area contributed by atoms with Crippen LogP contribution in [0.2, 0.25) is 0 Å². The highest BCUT2D eigenvalue weighted by molar-refractivity contribution is 7.11. The van der Waals surface area contributed by atoms with E-state index in [2.05, 4.69) is 11.1 Å². The van der Waals surface area contributed by atoms with Crippen LogP contribution in [0.3, 0.4) is 0 Å². The van der Waals surface area contributed by atoms with Gasteiger partial charge in [-0.25, -0.2) is 4.98 Å². The van der Waals surface area contributed by atoms with Gasteiger partial charge in [-0.15, -0.1) is 11.6 Å². The molecule has 0 spiro atoms. The molecule has 1 aromatic rings. The number of aromatic nitrogens is 1. The fourth-order valence-electron chi connectivity index (χ4n) is 1.39. The van der Waals surface area contributed by atoms with Crippen molar-refractivity contribution in [2.45, 2.75) is 18.2 Å². The normalized spacial score (nSPS) is 21.7. The van der Waals surface area contributed by atoms with E-state index in [9.17, 15) is 0 Å². The smallest absolute Gasteiger partial charge is 0.273 e. The molecule has 0 bridgehead atoms. The lowest BCUT2D eigenvalue weighted by Crippen LogP contribution is -1.83. The van der Waals surface area contributed by atoms with Crippen molar-refractivity contribution in [3.63, 3.8) is 0 Å². The molecule has 1 atom stereocenters. The zero-order chi connectivity index (χ0) is 9.26. The quantitative estimate of drug-likeness (QED) is 0.708. The number of thiazole rings is 1. The van der Waals surface area contributed by atoms with Crippen molar-refractivity contribution in [2.24, 2.45) is 0 Å². The van der Waals surface area contributed by atoms with Crippen LogP contribution in [0.4, 0.5) is 0 Å². The van der Waals surface area contributed by atoms with Gasteiger partial charge in [0.25, 0.3) is 5.19 Å². The third kappa shape index (κ3) is 1.86. The van der Waals surface area contributed by atoms with E-state index in [-0.39, 0.29) is 5.38 Å². The molecule has 70 valence electrons. The van der Waals surface area contributed by atoms with E-state index < -0.39 is 0 Å². The number of ether oxygens (including phenoxy) is 1. The first-order valence-electron chi connectivity index (χ1n) is 4.14. The Balaban J connectivity index is 2.21. The average Bonchev–Trinajstić information content (AvgIpc) is 2.71. The van der Waals surface area contributed by atoms with Gasteiger partial charge in [0.05, 0.1) is 18.2 Å². The van der Waals surface area contributed by atoms with Gasteiger partial charge < -0.3 is 4.74 Å². The van der Waals surface area contributed by atoms with Crippen molar-refractivity contribution in [3.8, 4) is 5.19 Å². The van der Waals surface area contributed by atoms with Crippen LogP contribution in [-0.4, -0.2) is 17.5 Å². The van der Waals surface area contributed by atoms with Gasteiger partial charge in [-0.2, -0.15) is 0 Å². The van der Waals surface area contributed by atoms with Gasteiger partial charge in [0.15, 0.2) is 0 Å². The number of nitrogens with zero attached hydrogens (tertiary/aromatic N) is 1. The van der Waals surface area contributed by atoms with Gasteiger partial charge in [-0.05, 0) is 18.4 Å². The SMILES string of the molecule is COc1nc(C2=CC(Cl)CC2)cs1. The molecule has 1 aromatic heterocycles. The summed E-state index contributed by atoms with van der Waals surface area (Å²) in [6.45, 7) is 0. The molecule has 0 N–H and O–H groups in total. The Hall–Kier alpha value is -0.540. The van der Waals surface area contributed by atoms with Crippen molar-refractivity contribution >= 4 is 28.5 Å². The molecule has 0 saturated heterocycles. The number of allylic oxidation sites excluding steroid dienone is 2. The van der Waals surface area contributed by atoms with E-state index in [0.717, 1.165) is 18.5 Å². The molecule has 2 rings (SSSR count). The minimum atomic E-state index is 0.183. The minimum absolute atomic E-state index is 0.183. The molecule has 0 aromatic carbocycles. The number of methoxy groups -OCH3 is 1. The Kier molecular flexibility index (Phi) is 2.56. The van der Waals surface area contributed by atoms with E-state index in [1.54, 1.807) is 7.11 Å². The predicted octanol–water partition coefficient (Wildman–Crippen LogP) is 2.94. The van der Waals surface area contributed by atoms with Crippen molar-refractivity contribution < 1.29 is 4.74 Å². The standard InChI is InChI=1S/C9H10ClNOS/c1-12-9-11-8(5-13-9)6-2-3-7(10)4-6/h4-5,7H,2-3H2,1H3. The van der Waals surface area contributed by atoms with Gasteiger partial charge in [0.1, 0.15) is 0 Å². The fraction of sp³-hybridized carbons (Fsp3) is 0.444. The maximum atomic E-state index is 5.97. The molecule has 2 nitrogen and oxygen atoms in total. The van der Waals surface area contributed by atoms with E-state index in [4.69, 9.17) is 16.3 Å². The first-order valence-corrected chi connectivity index (χ1v) is 5.46. The lowest BCUT2D eigenvalue weighted by molar-refractivity contribution is 0.411. The highest BCUT2D eigenvalue weighted by atomic mass is 35.5. The summed E-state index contributed by atoms with van der Waals surface area (Å²) >= 11 is 7.49. The monoisotopic (exact) mass is 215 g/mol. The molecule has 0 amide bonds. The molecule has 0 fully saturated rings. The highest BCUT2D eigenvalue weighted by Crippen LogP contribution is 2.32. The number of halogens is 1. The van der Waals surface area contributed by atoms with E-state index in [0.29, 0.717) is 5.19 Å². The summed E-state index contributed by atoms with van der Waals surface area (Å²) in [4.78, 5) is 4.31. The topological polar surface area (TPSA) is 22.1 Å². The summed E-state index contributed by atoms with van der Waals surface area (Å²) in [5, 5.41) is 2.91. The minimum Gasteiger partial charge on any atom is -0.473 e. The van der Waals surface area contributed by atoms with Gasteiger partial charge >= 0.3 is 0 Å². The van der Waals surface area contributed by atoms with Gasteiger partial charge in [0.2, 0.25) is 0 Å². The van der Waals surface area contributed by atoms with Crippen LogP contribution >= 0.6 is 22.9 Å². The third-order valence-corrected chi connectivity index (χ3v) is 3.20. The fourth-order valence-corrected chi connectivity index (χ4v) is 2.32. The first-order chi connectivity index (χ1) is 6.29. The van der Waals surface area contributed by atoms with Crippen LogP contribution in [0.25, 0.3) is 5.57 Å². The molecule has 0 aliphatic heterocycles. The Morgan fingerprint density at radius 3 is 3.08 bits per heavy atom. The Bertz CT molecular complexity index is 334. The van der Waals surface area contributed by atoms with Crippen LogP contribution in [0.15, 0.2) is 11.5 Å². The maximum absolute atomic E-state index is 5.97.